The lowest BCUT2D eigenvalue weighted by atomic mass is 10.0. The van der Waals surface area contributed by atoms with E-state index in [-0.39, 0.29) is 31.1 Å². The van der Waals surface area contributed by atoms with Crippen LogP contribution in [-0.4, -0.2) is 37.2 Å². The van der Waals surface area contributed by atoms with Gasteiger partial charge in [0.1, 0.15) is 13.2 Å². The summed E-state index contributed by atoms with van der Waals surface area (Å²) in [5.41, 5.74) is 0. The third kappa shape index (κ3) is 60.2. The first kappa shape index (κ1) is 71.4. The fourth-order valence-electron chi connectivity index (χ4n) is 9.73. The fraction of sp³-hybridized carbons (Fsp3) is 0.838. The summed E-state index contributed by atoms with van der Waals surface area (Å²) in [5, 5.41) is 0. The van der Waals surface area contributed by atoms with Gasteiger partial charge in [-0.25, -0.2) is 0 Å². The SMILES string of the molecule is CC/C=C\C/C=C\C/C=C\C/C=C\CCCCCCCCCCCCC(=O)OC(COC(=O)CCCCCCCCCC)COC(=O)CCCCCCCCCCCCCCCCCCCCCCCCCCC. The monoisotopic (exact) mass is 1040 g/mol. The predicted molar refractivity (Wildman–Crippen MR) is 321 cm³/mol. The molecule has 0 bridgehead atoms. The second-order valence-corrected chi connectivity index (χ2v) is 22.0. The zero-order chi connectivity index (χ0) is 53.6. The van der Waals surface area contributed by atoms with Crippen LogP contribution in [-0.2, 0) is 28.6 Å². The van der Waals surface area contributed by atoms with Gasteiger partial charge in [-0.2, -0.15) is 0 Å². The second-order valence-electron chi connectivity index (χ2n) is 22.0. The molecule has 1 unspecified atom stereocenters. The number of allylic oxidation sites excluding steroid dienone is 8. The number of carbonyl (C=O) groups is 3. The lowest BCUT2D eigenvalue weighted by Crippen LogP contribution is -2.30. The molecule has 0 N–H and O–H groups in total. The molecule has 0 aliphatic heterocycles. The molecule has 0 aromatic carbocycles. The average Bonchev–Trinajstić information content (AvgIpc) is 3.40. The molecule has 0 amide bonds. The highest BCUT2D eigenvalue weighted by atomic mass is 16.6. The van der Waals surface area contributed by atoms with Crippen molar-refractivity contribution in [1.29, 1.82) is 0 Å². The van der Waals surface area contributed by atoms with Crippen LogP contribution in [0.15, 0.2) is 48.6 Å². The van der Waals surface area contributed by atoms with Gasteiger partial charge in [0.25, 0.3) is 0 Å². The first-order chi connectivity index (χ1) is 36.5. The molecule has 6 nitrogen and oxygen atoms in total. The van der Waals surface area contributed by atoms with Crippen LogP contribution in [0.4, 0.5) is 0 Å². The van der Waals surface area contributed by atoms with Crippen molar-refractivity contribution in [3.8, 4) is 0 Å². The largest absolute Gasteiger partial charge is 0.462 e. The molecule has 6 heteroatoms. The van der Waals surface area contributed by atoms with E-state index >= 15 is 0 Å². The zero-order valence-corrected chi connectivity index (χ0v) is 49.6. The number of esters is 3. The predicted octanol–water partition coefficient (Wildman–Crippen LogP) is 22.2. The van der Waals surface area contributed by atoms with Crippen LogP contribution in [0.25, 0.3) is 0 Å². The van der Waals surface area contributed by atoms with Crippen molar-refractivity contribution in [2.75, 3.05) is 13.2 Å². The van der Waals surface area contributed by atoms with Gasteiger partial charge in [0, 0.05) is 19.3 Å². The van der Waals surface area contributed by atoms with Crippen LogP contribution in [0.5, 0.6) is 0 Å². The summed E-state index contributed by atoms with van der Waals surface area (Å²) in [7, 11) is 0. The summed E-state index contributed by atoms with van der Waals surface area (Å²) in [6, 6.07) is 0. The molecular formula is C68H124O6. The molecule has 0 spiro atoms. The van der Waals surface area contributed by atoms with Gasteiger partial charge in [0.2, 0.25) is 0 Å². The van der Waals surface area contributed by atoms with Gasteiger partial charge < -0.3 is 14.2 Å². The molecule has 0 saturated carbocycles. The second kappa shape index (κ2) is 62.9. The maximum Gasteiger partial charge on any atom is 0.306 e. The Balaban J connectivity index is 4.12. The maximum atomic E-state index is 12.9. The van der Waals surface area contributed by atoms with E-state index in [4.69, 9.17) is 14.2 Å². The molecule has 0 aromatic rings. The van der Waals surface area contributed by atoms with Crippen molar-refractivity contribution < 1.29 is 28.6 Å². The molecule has 1 atom stereocenters. The normalized spacial score (nSPS) is 12.3. The quantitative estimate of drug-likeness (QED) is 0.0261. The Kier molecular flexibility index (Phi) is 60.7. The number of hydrogen-bond donors (Lipinski definition) is 0. The Morgan fingerprint density at radius 2 is 0.527 bits per heavy atom. The summed E-state index contributed by atoms with van der Waals surface area (Å²) in [6.07, 6.45) is 78.6. The molecular weight excluding hydrogens is 913 g/mol. The van der Waals surface area contributed by atoms with Crippen molar-refractivity contribution in [2.24, 2.45) is 0 Å². The van der Waals surface area contributed by atoms with Gasteiger partial charge in [-0.1, -0.05) is 320 Å². The van der Waals surface area contributed by atoms with Crippen LogP contribution in [0, 0.1) is 0 Å². The summed E-state index contributed by atoms with van der Waals surface area (Å²) in [5.74, 6) is -0.858. The summed E-state index contributed by atoms with van der Waals surface area (Å²) < 4.78 is 16.9. The third-order valence-corrected chi connectivity index (χ3v) is 14.6. The Morgan fingerprint density at radius 3 is 0.824 bits per heavy atom. The molecule has 0 saturated heterocycles. The topological polar surface area (TPSA) is 78.9 Å². The summed E-state index contributed by atoms with van der Waals surface area (Å²) in [6.45, 7) is 6.55. The van der Waals surface area contributed by atoms with E-state index in [0.717, 1.165) is 83.5 Å². The highest BCUT2D eigenvalue weighted by Gasteiger charge is 2.19. The highest BCUT2D eigenvalue weighted by Crippen LogP contribution is 2.18. The van der Waals surface area contributed by atoms with E-state index in [9.17, 15) is 14.4 Å². The number of ether oxygens (including phenoxy) is 3. The minimum Gasteiger partial charge on any atom is -0.462 e. The van der Waals surface area contributed by atoms with Gasteiger partial charge in [-0.05, 0) is 57.8 Å². The van der Waals surface area contributed by atoms with E-state index in [1.54, 1.807) is 0 Å². The number of rotatable bonds is 60. The van der Waals surface area contributed by atoms with Gasteiger partial charge in [-0.3, -0.25) is 14.4 Å². The smallest absolute Gasteiger partial charge is 0.306 e. The van der Waals surface area contributed by atoms with E-state index in [0.29, 0.717) is 19.3 Å². The van der Waals surface area contributed by atoms with Crippen molar-refractivity contribution in [3.05, 3.63) is 48.6 Å². The standard InChI is InChI=1S/C68H124O6/c1-4-7-10-13-16-19-21-23-25-27-29-31-33-34-36-37-39-41-43-45-47-49-52-55-58-61-67(70)73-64-65(63-72-66(69)60-57-54-51-18-15-12-9-6-3)74-68(71)62-59-56-53-50-48-46-44-42-40-38-35-32-30-28-26-24-22-20-17-14-11-8-5-2/h8,11,17,20,24,26,30,32,65H,4-7,9-10,12-16,18-19,21-23,25,27-29,31,33-64H2,1-3H3/b11-8-,20-17-,26-24-,32-30-. The van der Waals surface area contributed by atoms with Crippen molar-refractivity contribution in [3.63, 3.8) is 0 Å². The molecule has 0 radical (unpaired) electrons. The van der Waals surface area contributed by atoms with Gasteiger partial charge in [-0.15, -0.1) is 0 Å². The van der Waals surface area contributed by atoms with Crippen LogP contribution in [0.3, 0.4) is 0 Å². The Bertz CT molecular complexity index is 1280. The third-order valence-electron chi connectivity index (χ3n) is 14.6. The molecule has 0 fully saturated rings. The lowest BCUT2D eigenvalue weighted by Gasteiger charge is -2.18. The molecule has 432 valence electrons. The molecule has 0 heterocycles. The Labute approximate surface area is 460 Å². The van der Waals surface area contributed by atoms with Crippen LogP contribution in [0.1, 0.15) is 348 Å². The first-order valence-electron chi connectivity index (χ1n) is 32.6. The molecule has 0 rings (SSSR count). The average molecular weight is 1040 g/mol. The first-order valence-corrected chi connectivity index (χ1v) is 32.6. The molecule has 0 aliphatic rings. The Hall–Kier alpha value is -2.63. The fourth-order valence-corrected chi connectivity index (χ4v) is 9.73. The van der Waals surface area contributed by atoms with Crippen molar-refractivity contribution in [2.45, 2.75) is 354 Å². The van der Waals surface area contributed by atoms with E-state index in [1.165, 1.54) is 225 Å². The minimum atomic E-state index is -0.771. The number of hydrogen-bond acceptors (Lipinski definition) is 6. The zero-order valence-electron chi connectivity index (χ0n) is 49.6. The van der Waals surface area contributed by atoms with Gasteiger partial charge in [0.05, 0.1) is 0 Å². The maximum absolute atomic E-state index is 12.9. The van der Waals surface area contributed by atoms with Crippen LogP contribution < -0.4 is 0 Å². The van der Waals surface area contributed by atoms with E-state index in [1.807, 2.05) is 0 Å². The van der Waals surface area contributed by atoms with Gasteiger partial charge >= 0.3 is 17.9 Å². The highest BCUT2D eigenvalue weighted by molar-refractivity contribution is 5.71. The number of carbonyl (C=O) groups excluding carboxylic acids is 3. The minimum absolute atomic E-state index is 0.0700. The number of unbranched alkanes of at least 4 members (excludes halogenated alkanes) is 41. The molecule has 74 heavy (non-hydrogen) atoms. The molecule has 0 aromatic heterocycles. The van der Waals surface area contributed by atoms with Crippen molar-refractivity contribution >= 4 is 17.9 Å². The summed E-state index contributed by atoms with van der Waals surface area (Å²) in [4.78, 5) is 38.2. The Morgan fingerprint density at radius 1 is 0.284 bits per heavy atom. The van der Waals surface area contributed by atoms with Crippen LogP contribution >= 0.6 is 0 Å². The van der Waals surface area contributed by atoms with Gasteiger partial charge in [0.15, 0.2) is 6.10 Å². The lowest BCUT2D eigenvalue weighted by molar-refractivity contribution is -0.167. The molecule has 0 aliphatic carbocycles. The van der Waals surface area contributed by atoms with E-state index < -0.39 is 6.10 Å². The van der Waals surface area contributed by atoms with E-state index in [2.05, 4.69) is 69.4 Å². The summed E-state index contributed by atoms with van der Waals surface area (Å²) >= 11 is 0. The van der Waals surface area contributed by atoms with Crippen LogP contribution in [0.2, 0.25) is 0 Å². The van der Waals surface area contributed by atoms with Crippen molar-refractivity contribution in [1.82, 2.24) is 0 Å².